The zero-order chi connectivity index (χ0) is 13.1. The summed E-state index contributed by atoms with van der Waals surface area (Å²) >= 11 is 0. The van der Waals surface area contributed by atoms with Crippen molar-refractivity contribution in [1.29, 1.82) is 0 Å². The molecule has 0 aromatic rings. The van der Waals surface area contributed by atoms with Gasteiger partial charge in [0.2, 0.25) is 0 Å². The van der Waals surface area contributed by atoms with Crippen LogP contribution in [-0.2, 0) is 4.74 Å². The first-order valence-corrected chi connectivity index (χ1v) is 6.41. The molecule has 0 bridgehead atoms. The van der Waals surface area contributed by atoms with Gasteiger partial charge in [-0.15, -0.1) is 0 Å². The van der Waals surface area contributed by atoms with Crippen molar-refractivity contribution < 1.29 is 14.6 Å². The van der Waals surface area contributed by atoms with Crippen LogP contribution in [0.4, 0.5) is 4.79 Å². The molecular formula is C13H25NO3. The maximum absolute atomic E-state index is 11.0. The molecule has 0 aromatic heterocycles. The second kappa shape index (κ2) is 5.71. The first-order chi connectivity index (χ1) is 7.84. The number of hydrogen-bond acceptors (Lipinski definition) is 3. The Balaban J connectivity index is 2.62. The molecule has 1 fully saturated rings. The molecule has 3 N–H and O–H groups in total. The number of nitrogens with two attached hydrogens (primary N) is 1. The number of primary amides is 1. The quantitative estimate of drug-likeness (QED) is 0.798. The number of carbonyl (C=O) groups is 1. The number of hydrogen-bond donors (Lipinski definition) is 2. The number of carbonyl (C=O) groups excluding carboxylic acids is 1. The Hall–Kier alpha value is -0.770. The van der Waals surface area contributed by atoms with E-state index in [9.17, 15) is 4.79 Å². The number of amides is 1. The van der Waals surface area contributed by atoms with Gasteiger partial charge in [0, 0.05) is 6.61 Å². The Morgan fingerprint density at radius 2 is 1.88 bits per heavy atom. The van der Waals surface area contributed by atoms with Crippen molar-refractivity contribution >= 4 is 6.09 Å². The summed E-state index contributed by atoms with van der Waals surface area (Å²) in [6, 6.07) is 0. The Kier molecular flexibility index (Phi) is 4.80. The fourth-order valence-corrected chi connectivity index (χ4v) is 2.78. The minimum Gasteiger partial charge on any atom is -0.446 e. The van der Waals surface area contributed by atoms with Crippen molar-refractivity contribution in [3.8, 4) is 0 Å². The van der Waals surface area contributed by atoms with Gasteiger partial charge in [0.1, 0.15) is 6.10 Å². The average molecular weight is 243 g/mol. The third-order valence-electron chi connectivity index (χ3n) is 3.67. The Morgan fingerprint density at radius 3 is 2.24 bits per heavy atom. The van der Waals surface area contributed by atoms with E-state index in [0.29, 0.717) is 11.8 Å². The lowest BCUT2D eigenvalue weighted by Gasteiger charge is -2.39. The van der Waals surface area contributed by atoms with E-state index in [2.05, 4.69) is 20.8 Å². The van der Waals surface area contributed by atoms with Crippen molar-refractivity contribution in [2.24, 2.45) is 23.0 Å². The Labute approximate surface area is 104 Å². The lowest BCUT2D eigenvalue weighted by molar-refractivity contribution is -0.0219. The fraction of sp³-hybridized carbons (Fsp3) is 0.923. The van der Waals surface area contributed by atoms with Crippen LogP contribution in [0, 0.1) is 17.3 Å². The van der Waals surface area contributed by atoms with Crippen molar-refractivity contribution in [3.63, 3.8) is 0 Å². The van der Waals surface area contributed by atoms with Gasteiger partial charge in [-0.1, -0.05) is 20.8 Å². The smallest absolute Gasteiger partial charge is 0.404 e. The van der Waals surface area contributed by atoms with Gasteiger partial charge >= 0.3 is 6.09 Å². The highest BCUT2D eigenvalue weighted by molar-refractivity contribution is 5.64. The van der Waals surface area contributed by atoms with Crippen LogP contribution in [0.25, 0.3) is 0 Å². The summed E-state index contributed by atoms with van der Waals surface area (Å²) < 4.78 is 5.30. The van der Waals surface area contributed by atoms with Crippen molar-refractivity contribution in [2.75, 3.05) is 6.61 Å². The van der Waals surface area contributed by atoms with Crippen molar-refractivity contribution in [2.45, 2.75) is 52.6 Å². The summed E-state index contributed by atoms with van der Waals surface area (Å²) in [5.74, 6) is 0.783. The van der Waals surface area contributed by atoms with Crippen LogP contribution in [-0.4, -0.2) is 23.9 Å². The van der Waals surface area contributed by atoms with E-state index >= 15 is 0 Å². The third-order valence-corrected chi connectivity index (χ3v) is 3.67. The normalized spacial score (nSPS) is 27.5. The molecule has 17 heavy (non-hydrogen) atoms. The third kappa shape index (κ3) is 4.19. The van der Waals surface area contributed by atoms with Gasteiger partial charge in [-0.05, 0) is 42.9 Å². The van der Waals surface area contributed by atoms with Crippen LogP contribution in [0.2, 0.25) is 0 Å². The van der Waals surface area contributed by atoms with Gasteiger partial charge in [-0.3, -0.25) is 0 Å². The number of rotatable bonds is 3. The van der Waals surface area contributed by atoms with Crippen molar-refractivity contribution in [1.82, 2.24) is 0 Å². The molecule has 1 rings (SSSR count). The van der Waals surface area contributed by atoms with Crippen molar-refractivity contribution in [3.05, 3.63) is 0 Å². The molecule has 1 unspecified atom stereocenters. The molecule has 0 heterocycles. The molecule has 0 radical (unpaired) electrons. The van der Waals surface area contributed by atoms with E-state index in [0.717, 1.165) is 25.7 Å². The average Bonchev–Trinajstić information content (AvgIpc) is 2.24. The van der Waals surface area contributed by atoms with Crippen LogP contribution >= 0.6 is 0 Å². The minimum absolute atomic E-state index is 0.0915. The highest BCUT2D eigenvalue weighted by Gasteiger charge is 2.37. The summed E-state index contributed by atoms with van der Waals surface area (Å²) in [5.41, 5.74) is 5.06. The fourth-order valence-electron chi connectivity index (χ4n) is 2.78. The van der Waals surface area contributed by atoms with Gasteiger partial charge in [-0.2, -0.15) is 0 Å². The lowest BCUT2D eigenvalue weighted by Crippen LogP contribution is -2.41. The monoisotopic (exact) mass is 243 g/mol. The molecular weight excluding hydrogens is 218 g/mol. The minimum atomic E-state index is -0.686. The van der Waals surface area contributed by atoms with E-state index in [4.69, 9.17) is 15.6 Å². The largest absolute Gasteiger partial charge is 0.446 e. The molecule has 4 nitrogen and oxygen atoms in total. The van der Waals surface area contributed by atoms with Crippen LogP contribution in [0.15, 0.2) is 0 Å². The van der Waals surface area contributed by atoms with E-state index < -0.39 is 6.09 Å². The lowest BCUT2D eigenvalue weighted by atomic mass is 9.72. The Bertz CT molecular complexity index is 252. The number of aliphatic hydroxyl groups is 1. The zero-order valence-corrected chi connectivity index (χ0v) is 11.1. The zero-order valence-electron chi connectivity index (χ0n) is 11.1. The number of aliphatic hydroxyl groups excluding tert-OH is 1. The second-order valence-corrected chi connectivity index (χ2v) is 6.19. The summed E-state index contributed by atoms with van der Waals surface area (Å²) in [6.07, 6.45) is 3.21. The molecule has 1 aliphatic rings. The summed E-state index contributed by atoms with van der Waals surface area (Å²) in [6.45, 7) is 6.47. The molecule has 0 spiro atoms. The van der Waals surface area contributed by atoms with Gasteiger partial charge < -0.3 is 15.6 Å². The van der Waals surface area contributed by atoms with E-state index in [1.165, 1.54) is 0 Å². The standard InChI is InChI=1S/C13H25NO3/c1-13(2,3)11(17-12(14)16)10-6-4-9(8-15)5-7-10/h9-11,15H,4-8H2,1-3H3,(H2,14,16). The van der Waals surface area contributed by atoms with Crippen LogP contribution in [0.1, 0.15) is 46.5 Å². The molecule has 1 saturated carbocycles. The Morgan fingerprint density at radius 1 is 1.35 bits per heavy atom. The van der Waals surface area contributed by atoms with E-state index in [-0.39, 0.29) is 18.1 Å². The molecule has 0 aromatic carbocycles. The molecule has 100 valence electrons. The van der Waals surface area contributed by atoms with Gasteiger partial charge in [0.25, 0.3) is 0 Å². The van der Waals surface area contributed by atoms with Crippen LogP contribution < -0.4 is 5.73 Å². The van der Waals surface area contributed by atoms with Crippen LogP contribution in [0.3, 0.4) is 0 Å². The van der Waals surface area contributed by atoms with E-state index in [1.807, 2.05) is 0 Å². The summed E-state index contributed by atoms with van der Waals surface area (Å²) in [7, 11) is 0. The maximum atomic E-state index is 11.0. The SMILES string of the molecule is CC(C)(C)C(OC(N)=O)C1CCC(CO)CC1. The molecule has 4 heteroatoms. The summed E-state index contributed by atoms with van der Waals surface area (Å²) in [5, 5.41) is 9.12. The van der Waals surface area contributed by atoms with Gasteiger partial charge in [0.05, 0.1) is 0 Å². The molecule has 1 aliphatic carbocycles. The number of ether oxygens (including phenoxy) is 1. The molecule has 0 saturated heterocycles. The summed E-state index contributed by atoms with van der Waals surface area (Å²) in [4.78, 5) is 11.0. The van der Waals surface area contributed by atoms with E-state index in [1.54, 1.807) is 0 Å². The predicted octanol–water partition coefficient (Wildman–Crippen LogP) is 2.30. The highest BCUT2D eigenvalue weighted by atomic mass is 16.6. The maximum Gasteiger partial charge on any atom is 0.404 e. The first-order valence-electron chi connectivity index (χ1n) is 6.41. The first kappa shape index (κ1) is 14.3. The van der Waals surface area contributed by atoms with Gasteiger partial charge in [-0.25, -0.2) is 4.79 Å². The molecule has 0 aliphatic heterocycles. The molecule has 1 amide bonds. The molecule has 1 atom stereocenters. The highest BCUT2D eigenvalue weighted by Crippen LogP contribution is 2.38. The topological polar surface area (TPSA) is 72.5 Å². The second-order valence-electron chi connectivity index (χ2n) is 6.19. The van der Waals surface area contributed by atoms with Crippen LogP contribution in [0.5, 0.6) is 0 Å². The van der Waals surface area contributed by atoms with Gasteiger partial charge in [0.15, 0.2) is 0 Å². The predicted molar refractivity (Wildman–Crippen MR) is 66.4 cm³/mol.